The molecule has 3 aromatic carbocycles. The number of azo groups is 2. The van der Waals surface area contributed by atoms with Crippen LogP contribution in [0.4, 0.5) is 34.1 Å². The summed E-state index contributed by atoms with van der Waals surface area (Å²) in [6.07, 6.45) is 0. The fourth-order valence-corrected chi connectivity index (χ4v) is 2.56. The van der Waals surface area contributed by atoms with Gasteiger partial charge >= 0.3 is 0 Å². The first-order valence-corrected chi connectivity index (χ1v) is 9.00. The highest BCUT2D eigenvalue weighted by atomic mass is 15.1. The van der Waals surface area contributed by atoms with Crippen LogP contribution in [0.2, 0.25) is 0 Å². The van der Waals surface area contributed by atoms with Crippen LogP contribution in [0, 0.1) is 13.8 Å². The van der Waals surface area contributed by atoms with E-state index in [1.165, 1.54) is 0 Å². The molecule has 0 fully saturated rings. The third-order valence-electron chi connectivity index (χ3n) is 4.35. The Morgan fingerprint density at radius 3 is 1.61 bits per heavy atom. The summed E-state index contributed by atoms with van der Waals surface area (Å²) in [6.45, 7) is 3.93. The molecule has 3 rings (SSSR count). The quantitative estimate of drug-likeness (QED) is 0.395. The fourth-order valence-electron chi connectivity index (χ4n) is 2.56. The summed E-state index contributed by atoms with van der Waals surface area (Å²) in [5, 5.41) is 17.2. The van der Waals surface area contributed by atoms with Crippen LogP contribution in [-0.4, -0.2) is 14.1 Å². The Morgan fingerprint density at radius 1 is 0.643 bits per heavy atom. The van der Waals surface area contributed by atoms with Crippen LogP contribution in [0.3, 0.4) is 0 Å². The average molecular weight is 372 g/mol. The molecule has 28 heavy (non-hydrogen) atoms. The summed E-state index contributed by atoms with van der Waals surface area (Å²) in [4.78, 5) is 2.04. The van der Waals surface area contributed by atoms with Gasteiger partial charge in [0.15, 0.2) is 0 Å². The fraction of sp³-hybridized carbons (Fsp3) is 0.182. The molecule has 0 heterocycles. The van der Waals surface area contributed by atoms with Gasteiger partial charge in [0.1, 0.15) is 0 Å². The molecular formula is C22H24N6. The van der Waals surface area contributed by atoms with Crippen LogP contribution in [0.15, 0.2) is 81.1 Å². The van der Waals surface area contributed by atoms with Gasteiger partial charge < -0.3 is 10.6 Å². The van der Waals surface area contributed by atoms with Crippen LogP contribution in [0.5, 0.6) is 0 Å². The van der Waals surface area contributed by atoms with Gasteiger partial charge in [-0.05, 0) is 85.6 Å². The van der Waals surface area contributed by atoms with Crippen molar-refractivity contribution in [2.24, 2.45) is 20.5 Å². The maximum Gasteiger partial charge on any atom is 0.0890 e. The average Bonchev–Trinajstić information content (AvgIpc) is 2.69. The SMILES string of the molecule is Cc1cc(N=Nc2ccc(/N=N/c3ccc(N(C)C)cc3)cc2)c(C)cc1N. The van der Waals surface area contributed by atoms with Crippen LogP contribution < -0.4 is 10.6 Å². The third-order valence-corrected chi connectivity index (χ3v) is 4.35. The number of hydrogen-bond donors (Lipinski definition) is 1. The number of nitrogen functional groups attached to an aromatic ring is 1. The third kappa shape index (κ3) is 4.79. The molecule has 0 unspecified atom stereocenters. The van der Waals surface area contributed by atoms with E-state index in [1.54, 1.807) is 0 Å². The van der Waals surface area contributed by atoms with Crippen molar-refractivity contribution in [1.82, 2.24) is 0 Å². The van der Waals surface area contributed by atoms with Crippen molar-refractivity contribution in [3.63, 3.8) is 0 Å². The lowest BCUT2D eigenvalue weighted by Crippen LogP contribution is -2.07. The number of aryl methyl sites for hydroxylation is 2. The molecule has 6 nitrogen and oxygen atoms in total. The highest BCUT2D eigenvalue weighted by Crippen LogP contribution is 2.28. The van der Waals surface area contributed by atoms with E-state index >= 15 is 0 Å². The summed E-state index contributed by atoms with van der Waals surface area (Å²) < 4.78 is 0. The van der Waals surface area contributed by atoms with Gasteiger partial charge in [0, 0.05) is 25.5 Å². The molecular weight excluding hydrogens is 348 g/mol. The van der Waals surface area contributed by atoms with Crippen molar-refractivity contribution < 1.29 is 0 Å². The molecule has 3 aromatic rings. The van der Waals surface area contributed by atoms with E-state index in [0.29, 0.717) is 0 Å². The summed E-state index contributed by atoms with van der Waals surface area (Å²) in [6, 6.07) is 19.2. The predicted octanol–water partition coefficient (Wildman–Crippen LogP) is 6.78. The standard InChI is InChI=1S/C22H24N6/c1-15-14-22(16(2)13-21(15)23)27-26-18-7-5-17(6-8-18)24-25-19-9-11-20(12-10-19)28(3)4/h5-14H,23H2,1-4H3/b25-24+,27-26?. The first kappa shape index (κ1) is 19.2. The molecule has 142 valence electrons. The zero-order valence-corrected chi connectivity index (χ0v) is 16.6. The number of nitrogens with zero attached hydrogens (tertiary/aromatic N) is 5. The van der Waals surface area contributed by atoms with Gasteiger partial charge in [-0.15, -0.1) is 0 Å². The minimum absolute atomic E-state index is 0.753. The van der Waals surface area contributed by atoms with Crippen molar-refractivity contribution in [3.8, 4) is 0 Å². The molecule has 2 N–H and O–H groups in total. The Labute approximate surface area is 165 Å². The molecule has 0 aliphatic heterocycles. The van der Waals surface area contributed by atoms with Gasteiger partial charge in [0.2, 0.25) is 0 Å². The minimum atomic E-state index is 0.753. The van der Waals surface area contributed by atoms with Crippen LogP contribution >= 0.6 is 0 Å². The molecule has 0 aliphatic rings. The first-order valence-electron chi connectivity index (χ1n) is 9.00. The van der Waals surface area contributed by atoms with Gasteiger partial charge in [-0.2, -0.15) is 20.5 Å². The van der Waals surface area contributed by atoms with Gasteiger partial charge in [-0.25, -0.2) is 0 Å². The molecule has 0 spiro atoms. The van der Waals surface area contributed by atoms with Gasteiger partial charge in [0.25, 0.3) is 0 Å². The Balaban J connectivity index is 1.69. The molecule has 0 radical (unpaired) electrons. The summed E-state index contributed by atoms with van der Waals surface area (Å²) in [5.41, 5.74) is 12.9. The van der Waals surface area contributed by atoms with E-state index in [4.69, 9.17) is 5.73 Å². The van der Waals surface area contributed by atoms with E-state index < -0.39 is 0 Å². The minimum Gasteiger partial charge on any atom is -0.399 e. The van der Waals surface area contributed by atoms with E-state index in [0.717, 1.165) is 45.3 Å². The molecule has 0 bridgehead atoms. The molecule has 0 amide bonds. The van der Waals surface area contributed by atoms with Gasteiger partial charge in [-0.3, -0.25) is 0 Å². The smallest absolute Gasteiger partial charge is 0.0890 e. The van der Waals surface area contributed by atoms with Crippen molar-refractivity contribution in [2.45, 2.75) is 13.8 Å². The lowest BCUT2D eigenvalue weighted by atomic mass is 10.1. The summed E-state index contributed by atoms with van der Waals surface area (Å²) >= 11 is 0. The number of benzene rings is 3. The lowest BCUT2D eigenvalue weighted by Gasteiger charge is -2.11. The number of nitrogens with two attached hydrogens (primary N) is 1. The van der Waals surface area contributed by atoms with Crippen molar-refractivity contribution in [2.75, 3.05) is 24.7 Å². The lowest BCUT2D eigenvalue weighted by molar-refractivity contribution is 1.13. The highest BCUT2D eigenvalue weighted by Gasteiger charge is 2.01. The molecule has 6 heteroatoms. The van der Waals surface area contributed by atoms with Crippen molar-refractivity contribution >= 4 is 34.1 Å². The predicted molar refractivity (Wildman–Crippen MR) is 116 cm³/mol. The van der Waals surface area contributed by atoms with Crippen LogP contribution in [-0.2, 0) is 0 Å². The zero-order chi connectivity index (χ0) is 20.1. The molecule has 0 saturated heterocycles. The molecule has 0 aliphatic carbocycles. The second kappa shape index (κ2) is 8.43. The number of anilines is 2. The topological polar surface area (TPSA) is 78.7 Å². The van der Waals surface area contributed by atoms with Crippen molar-refractivity contribution in [1.29, 1.82) is 0 Å². The first-order chi connectivity index (χ1) is 13.4. The monoisotopic (exact) mass is 372 g/mol. The second-order valence-corrected chi connectivity index (χ2v) is 6.82. The Hall–Kier alpha value is -3.54. The Kier molecular flexibility index (Phi) is 5.79. The van der Waals surface area contributed by atoms with Crippen molar-refractivity contribution in [3.05, 3.63) is 71.8 Å². The Morgan fingerprint density at radius 2 is 1.11 bits per heavy atom. The second-order valence-electron chi connectivity index (χ2n) is 6.82. The van der Waals surface area contributed by atoms with Crippen LogP contribution in [0.25, 0.3) is 0 Å². The summed E-state index contributed by atoms with van der Waals surface area (Å²) in [5.74, 6) is 0. The van der Waals surface area contributed by atoms with E-state index in [9.17, 15) is 0 Å². The largest absolute Gasteiger partial charge is 0.399 e. The normalized spacial score (nSPS) is 11.4. The summed E-state index contributed by atoms with van der Waals surface area (Å²) in [7, 11) is 4.01. The molecule has 0 atom stereocenters. The van der Waals surface area contributed by atoms with Gasteiger partial charge in [-0.1, -0.05) is 0 Å². The maximum absolute atomic E-state index is 5.91. The highest BCUT2D eigenvalue weighted by molar-refractivity contribution is 5.59. The van der Waals surface area contributed by atoms with E-state index in [2.05, 4.69) is 20.5 Å². The van der Waals surface area contributed by atoms with E-state index in [1.807, 2.05) is 93.5 Å². The van der Waals surface area contributed by atoms with Crippen LogP contribution in [0.1, 0.15) is 11.1 Å². The Bertz CT molecular complexity index is 1000. The molecule has 0 saturated carbocycles. The molecule has 0 aromatic heterocycles. The zero-order valence-electron chi connectivity index (χ0n) is 16.6. The maximum atomic E-state index is 5.91. The van der Waals surface area contributed by atoms with Gasteiger partial charge in [0.05, 0.1) is 22.7 Å². The number of hydrogen-bond acceptors (Lipinski definition) is 6. The van der Waals surface area contributed by atoms with E-state index in [-0.39, 0.29) is 0 Å². The number of rotatable bonds is 5.